The first-order valence-corrected chi connectivity index (χ1v) is 4.57. The van der Waals surface area contributed by atoms with Gasteiger partial charge in [0.25, 0.3) is 0 Å². The van der Waals surface area contributed by atoms with E-state index in [1.807, 2.05) is 0 Å². The van der Waals surface area contributed by atoms with E-state index in [1.54, 1.807) is 6.92 Å². The zero-order chi connectivity index (χ0) is 9.11. The average molecular weight is 223 g/mol. The van der Waals surface area contributed by atoms with Gasteiger partial charge in [0.1, 0.15) is 0 Å². The molecular weight excluding hydrogens is 200 g/mol. The van der Waals surface area contributed by atoms with Crippen LogP contribution in [0.3, 0.4) is 0 Å². The molecule has 0 aliphatic carbocycles. The zero-order valence-corrected chi connectivity index (χ0v) is 12.1. The molecule has 0 rings (SSSR count). The van der Waals surface area contributed by atoms with E-state index in [1.165, 1.54) is 26.1 Å². The summed E-state index contributed by atoms with van der Waals surface area (Å²) in [5.74, 6) is 0. The van der Waals surface area contributed by atoms with Gasteiger partial charge in [0.2, 0.25) is 0 Å². The van der Waals surface area contributed by atoms with E-state index >= 15 is 0 Å². The molecule has 0 aliphatic rings. The SMILES string of the molecule is [CH2-]C.[CH2-]CCCN(CC)CC.[Zn+2]. The van der Waals surface area contributed by atoms with Crippen LogP contribution in [0, 0.1) is 13.8 Å². The molecule has 1 nitrogen and oxygen atoms in total. The summed E-state index contributed by atoms with van der Waals surface area (Å²) in [7, 11) is 0. The van der Waals surface area contributed by atoms with Gasteiger partial charge >= 0.3 is 19.5 Å². The van der Waals surface area contributed by atoms with Crippen molar-refractivity contribution in [1.82, 2.24) is 4.90 Å². The van der Waals surface area contributed by atoms with E-state index in [9.17, 15) is 0 Å². The molecule has 0 heterocycles. The van der Waals surface area contributed by atoms with Gasteiger partial charge in [-0.25, -0.2) is 0 Å². The van der Waals surface area contributed by atoms with Crippen molar-refractivity contribution in [2.45, 2.75) is 33.6 Å². The molecule has 0 spiro atoms. The molecule has 0 amide bonds. The monoisotopic (exact) mass is 221 g/mol. The van der Waals surface area contributed by atoms with Crippen LogP contribution in [0.15, 0.2) is 0 Å². The first-order valence-electron chi connectivity index (χ1n) is 4.57. The smallest absolute Gasteiger partial charge is 0.346 e. The molecule has 0 radical (unpaired) electrons. The maximum absolute atomic E-state index is 3.80. The third-order valence-corrected chi connectivity index (χ3v) is 1.62. The van der Waals surface area contributed by atoms with Gasteiger partial charge in [0, 0.05) is 0 Å². The van der Waals surface area contributed by atoms with E-state index in [-0.39, 0.29) is 19.5 Å². The maximum Gasteiger partial charge on any atom is 2.00 e. The van der Waals surface area contributed by atoms with Crippen LogP contribution in [-0.2, 0) is 19.5 Å². The molecular formula is C10H23NZn. The summed E-state index contributed by atoms with van der Waals surface area (Å²) in [5, 5.41) is 0. The average Bonchev–Trinajstić information content (AvgIpc) is 2.10. The quantitative estimate of drug-likeness (QED) is 0.511. The van der Waals surface area contributed by atoms with Crippen LogP contribution >= 0.6 is 0 Å². The molecule has 0 unspecified atom stereocenters. The Morgan fingerprint density at radius 1 is 1.08 bits per heavy atom. The Balaban J connectivity index is -0.000000249. The van der Waals surface area contributed by atoms with E-state index in [0.717, 1.165) is 6.42 Å². The molecule has 2 heteroatoms. The van der Waals surface area contributed by atoms with Gasteiger partial charge in [-0.1, -0.05) is 20.3 Å². The minimum Gasteiger partial charge on any atom is -0.346 e. The van der Waals surface area contributed by atoms with Crippen LogP contribution in [-0.4, -0.2) is 24.5 Å². The van der Waals surface area contributed by atoms with Crippen LogP contribution in [0.4, 0.5) is 0 Å². The second-order valence-corrected chi connectivity index (χ2v) is 2.23. The second kappa shape index (κ2) is 17.6. The Labute approximate surface area is 91.7 Å². The third-order valence-electron chi connectivity index (χ3n) is 1.62. The molecule has 0 bridgehead atoms. The fraction of sp³-hybridized carbons (Fsp3) is 0.800. The molecule has 0 N–H and O–H groups in total. The van der Waals surface area contributed by atoms with Gasteiger partial charge in [-0.3, -0.25) is 0 Å². The molecule has 0 aromatic rings. The van der Waals surface area contributed by atoms with Crippen molar-refractivity contribution in [2.75, 3.05) is 19.6 Å². The van der Waals surface area contributed by atoms with Crippen LogP contribution in [0.1, 0.15) is 33.6 Å². The minimum atomic E-state index is 0. The fourth-order valence-electron chi connectivity index (χ4n) is 0.875. The zero-order valence-electron chi connectivity index (χ0n) is 9.10. The maximum atomic E-state index is 3.80. The Morgan fingerprint density at radius 2 is 1.50 bits per heavy atom. The van der Waals surface area contributed by atoms with E-state index in [0.29, 0.717) is 0 Å². The topological polar surface area (TPSA) is 3.24 Å². The molecule has 0 saturated carbocycles. The van der Waals surface area contributed by atoms with Gasteiger partial charge in [-0.2, -0.15) is 13.3 Å². The predicted octanol–water partition coefficient (Wildman–Crippen LogP) is 2.78. The fourth-order valence-corrected chi connectivity index (χ4v) is 0.875. The molecule has 0 saturated heterocycles. The van der Waals surface area contributed by atoms with Crippen molar-refractivity contribution in [2.24, 2.45) is 0 Å². The summed E-state index contributed by atoms with van der Waals surface area (Å²) in [5.41, 5.74) is 0. The molecule has 12 heavy (non-hydrogen) atoms. The second-order valence-electron chi connectivity index (χ2n) is 2.23. The van der Waals surface area contributed by atoms with E-state index < -0.39 is 0 Å². The number of nitrogens with zero attached hydrogens (tertiary/aromatic N) is 1. The summed E-state index contributed by atoms with van der Waals surface area (Å²) in [6, 6.07) is 0. The molecule has 70 valence electrons. The number of hydrogen-bond donors (Lipinski definition) is 0. The van der Waals surface area contributed by atoms with Crippen molar-refractivity contribution in [3.63, 3.8) is 0 Å². The summed E-state index contributed by atoms with van der Waals surface area (Å²) >= 11 is 0. The van der Waals surface area contributed by atoms with E-state index in [2.05, 4.69) is 32.6 Å². The summed E-state index contributed by atoms with van der Waals surface area (Å²) in [6.45, 7) is 16.8. The van der Waals surface area contributed by atoms with Gasteiger partial charge in [0.05, 0.1) is 0 Å². The number of unbranched alkanes of at least 4 members (excludes halogenated alkanes) is 1. The standard InChI is InChI=1S/C8H18N.C2H5.Zn/c1-4-7-8-9(5-2)6-3;1-2;/h1,4-8H2,2-3H3;1H2,2H3;/q2*-1;+2. The minimum absolute atomic E-state index is 0. The summed E-state index contributed by atoms with van der Waals surface area (Å²) in [6.07, 6.45) is 2.30. The molecule has 0 aromatic heterocycles. The van der Waals surface area contributed by atoms with Crippen molar-refractivity contribution in [3.8, 4) is 0 Å². The first-order chi connectivity index (χ1) is 5.35. The van der Waals surface area contributed by atoms with Gasteiger partial charge in [-0.15, -0.1) is 0 Å². The van der Waals surface area contributed by atoms with Crippen LogP contribution in [0.25, 0.3) is 0 Å². The third kappa shape index (κ3) is 13.2. The first kappa shape index (κ1) is 18.4. The predicted molar refractivity (Wildman–Crippen MR) is 53.4 cm³/mol. The van der Waals surface area contributed by atoms with Gasteiger partial charge in [-0.05, 0) is 19.6 Å². The largest absolute Gasteiger partial charge is 2.00 e. The van der Waals surface area contributed by atoms with Crippen LogP contribution < -0.4 is 0 Å². The Hall–Kier alpha value is 0.583. The van der Waals surface area contributed by atoms with Crippen LogP contribution in [0.2, 0.25) is 0 Å². The van der Waals surface area contributed by atoms with E-state index in [4.69, 9.17) is 0 Å². The Bertz CT molecular complexity index is 53.8. The molecule has 0 atom stereocenters. The van der Waals surface area contributed by atoms with Crippen molar-refractivity contribution in [3.05, 3.63) is 13.8 Å². The number of hydrogen-bond acceptors (Lipinski definition) is 1. The Morgan fingerprint density at radius 3 is 1.75 bits per heavy atom. The summed E-state index contributed by atoms with van der Waals surface area (Å²) in [4.78, 5) is 2.42. The van der Waals surface area contributed by atoms with Crippen molar-refractivity contribution < 1.29 is 19.5 Å². The van der Waals surface area contributed by atoms with Crippen molar-refractivity contribution in [1.29, 1.82) is 0 Å². The Kier molecular flexibility index (Phi) is 27.0. The van der Waals surface area contributed by atoms with Gasteiger partial charge < -0.3 is 18.7 Å². The molecule has 0 aromatic carbocycles. The van der Waals surface area contributed by atoms with Crippen molar-refractivity contribution >= 4 is 0 Å². The van der Waals surface area contributed by atoms with Crippen LogP contribution in [0.5, 0.6) is 0 Å². The summed E-state index contributed by atoms with van der Waals surface area (Å²) < 4.78 is 0. The molecule has 0 aliphatic heterocycles. The normalized spacial score (nSPS) is 8.50. The molecule has 0 fully saturated rings. The van der Waals surface area contributed by atoms with Gasteiger partial charge in [0.15, 0.2) is 0 Å². The number of rotatable bonds is 5.